The van der Waals surface area contributed by atoms with E-state index in [1.54, 1.807) is 12.3 Å². The van der Waals surface area contributed by atoms with Gasteiger partial charge in [-0.15, -0.1) is 0 Å². The van der Waals surface area contributed by atoms with Crippen LogP contribution in [-0.4, -0.2) is 42.9 Å². The molecule has 6 heteroatoms. The summed E-state index contributed by atoms with van der Waals surface area (Å²) in [6.07, 6.45) is 3.09. The second kappa shape index (κ2) is 9.52. The van der Waals surface area contributed by atoms with Crippen LogP contribution in [0, 0.1) is 0 Å². The average Bonchev–Trinajstić information content (AvgIpc) is 2.46. The Morgan fingerprint density at radius 2 is 1.95 bits per heavy atom. The third kappa shape index (κ3) is 5.85. The van der Waals surface area contributed by atoms with Crippen molar-refractivity contribution in [2.24, 2.45) is 0 Å². The molecule has 0 saturated carbocycles. The molecule has 0 N–H and O–H groups in total. The summed E-state index contributed by atoms with van der Waals surface area (Å²) >= 11 is 0. The Hall–Kier alpha value is -1.40. The predicted octanol–water partition coefficient (Wildman–Crippen LogP) is 1.88. The highest BCUT2D eigenvalue weighted by Gasteiger charge is 2.10. The summed E-state index contributed by atoms with van der Waals surface area (Å²) in [7, 11) is 1.96. The Balaban J connectivity index is 2.65. The van der Waals surface area contributed by atoms with E-state index >= 15 is 0 Å². The van der Waals surface area contributed by atoms with Crippen molar-refractivity contribution in [3.05, 3.63) is 22.6 Å². The molecule has 0 bridgehead atoms. The Morgan fingerprint density at radius 3 is 2.48 bits per heavy atom. The van der Waals surface area contributed by atoms with Crippen LogP contribution < -0.4 is 10.5 Å². The Bertz CT molecular complexity index is 456. The SMILES string of the molecule is CCCN(C)c1cnn(CCC(OCC)OCC)c(=O)c1. The molecule has 0 spiro atoms. The highest BCUT2D eigenvalue weighted by Crippen LogP contribution is 2.08. The largest absolute Gasteiger partial charge is 0.373 e. The molecule has 0 saturated heterocycles. The van der Waals surface area contributed by atoms with Crippen LogP contribution in [0.5, 0.6) is 0 Å². The molecule has 0 aromatic carbocycles. The van der Waals surface area contributed by atoms with Crippen LogP contribution in [0.1, 0.15) is 33.6 Å². The lowest BCUT2D eigenvalue weighted by atomic mass is 10.3. The van der Waals surface area contributed by atoms with E-state index in [0.29, 0.717) is 26.2 Å². The van der Waals surface area contributed by atoms with Gasteiger partial charge in [0, 0.05) is 45.8 Å². The zero-order valence-electron chi connectivity index (χ0n) is 13.5. The Morgan fingerprint density at radius 1 is 1.29 bits per heavy atom. The molecule has 21 heavy (non-hydrogen) atoms. The van der Waals surface area contributed by atoms with Gasteiger partial charge >= 0.3 is 0 Å². The molecule has 1 aromatic rings. The van der Waals surface area contributed by atoms with Crippen LogP contribution in [0.15, 0.2) is 17.1 Å². The summed E-state index contributed by atoms with van der Waals surface area (Å²) < 4.78 is 12.4. The van der Waals surface area contributed by atoms with Crippen molar-refractivity contribution in [2.75, 3.05) is 31.7 Å². The van der Waals surface area contributed by atoms with Gasteiger partial charge in [-0.2, -0.15) is 5.10 Å². The van der Waals surface area contributed by atoms with Crippen LogP contribution >= 0.6 is 0 Å². The zero-order valence-corrected chi connectivity index (χ0v) is 13.5. The molecule has 0 atom stereocenters. The normalized spacial score (nSPS) is 11.1. The third-order valence-corrected chi connectivity index (χ3v) is 3.14. The summed E-state index contributed by atoms with van der Waals surface area (Å²) in [6.45, 7) is 8.53. The molecule has 1 heterocycles. The van der Waals surface area contributed by atoms with Gasteiger partial charge in [0.1, 0.15) is 0 Å². The summed E-state index contributed by atoms with van der Waals surface area (Å²) in [5.41, 5.74) is 0.756. The van der Waals surface area contributed by atoms with E-state index in [2.05, 4.69) is 12.0 Å². The molecular weight excluding hydrogens is 270 g/mol. The summed E-state index contributed by atoms with van der Waals surface area (Å²) in [6, 6.07) is 1.62. The lowest BCUT2D eigenvalue weighted by Crippen LogP contribution is -2.28. The van der Waals surface area contributed by atoms with Crippen molar-refractivity contribution < 1.29 is 9.47 Å². The van der Waals surface area contributed by atoms with Crippen molar-refractivity contribution >= 4 is 5.69 Å². The lowest BCUT2D eigenvalue weighted by Gasteiger charge is -2.19. The summed E-state index contributed by atoms with van der Waals surface area (Å²) in [5, 5.41) is 4.23. The highest BCUT2D eigenvalue weighted by molar-refractivity contribution is 5.41. The minimum atomic E-state index is -0.281. The van der Waals surface area contributed by atoms with Gasteiger partial charge in [0.2, 0.25) is 0 Å². The summed E-state index contributed by atoms with van der Waals surface area (Å²) in [4.78, 5) is 14.1. The molecular formula is C15H27N3O3. The maximum absolute atomic E-state index is 12.1. The number of aromatic nitrogens is 2. The fraction of sp³-hybridized carbons (Fsp3) is 0.733. The number of hydrogen-bond acceptors (Lipinski definition) is 5. The van der Waals surface area contributed by atoms with Gasteiger partial charge in [0.05, 0.1) is 11.9 Å². The van der Waals surface area contributed by atoms with Gasteiger partial charge in [-0.1, -0.05) is 6.92 Å². The van der Waals surface area contributed by atoms with E-state index in [0.717, 1.165) is 18.7 Å². The smallest absolute Gasteiger partial charge is 0.268 e. The lowest BCUT2D eigenvalue weighted by molar-refractivity contribution is -0.141. The van der Waals surface area contributed by atoms with Crippen LogP contribution in [0.3, 0.4) is 0 Å². The quantitative estimate of drug-likeness (QED) is 0.617. The third-order valence-electron chi connectivity index (χ3n) is 3.14. The van der Waals surface area contributed by atoms with E-state index in [1.807, 2.05) is 25.8 Å². The van der Waals surface area contributed by atoms with Gasteiger partial charge < -0.3 is 14.4 Å². The van der Waals surface area contributed by atoms with Gasteiger partial charge in [-0.3, -0.25) is 4.79 Å². The highest BCUT2D eigenvalue weighted by atomic mass is 16.7. The van der Waals surface area contributed by atoms with Crippen LogP contribution in [0.2, 0.25) is 0 Å². The Labute approximate surface area is 126 Å². The number of ether oxygens (including phenoxy) is 2. The first-order valence-electron chi connectivity index (χ1n) is 7.63. The minimum Gasteiger partial charge on any atom is -0.373 e. The van der Waals surface area contributed by atoms with E-state index in [9.17, 15) is 4.79 Å². The fourth-order valence-electron chi connectivity index (χ4n) is 2.08. The number of hydrogen-bond donors (Lipinski definition) is 0. The molecule has 0 aliphatic carbocycles. The molecule has 0 amide bonds. The minimum absolute atomic E-state index is 0.0952. The maximum atomic E-state index is 12.1. The second-order valence-corrected chi connectivity index (χ2v) is 4.83. The first-order valence-corrected chi connectivity index (χ1v) is 7.63. The molecule has 120 valence electrons. The second-order valence-electron chi connectivity index (χ2n) is 4.83. The van der Waals surface area contributed by atoms with Crippen molar-refractivity contribution in [2.45, 2.75) is 46.4 Å². The topological polar surface area (TPSA) is 56.6 Å². The number of anilines is 1. The average molecular weight is 297 g/mol. The summed E-state index contributed by atoms with van der Waals surface area (Å²) in [5.74, 6) is 0. The molecule has 0 unspecified atom stereocenters. The van der Waals surface area contributed by atoms with E-state index in [1.165, 1.54) is 4.68 Å². The molecule has 0 fully saturated rings. The van der Waals surface area contributed by atoms with Crippen molar-refractivity contribution in [3.8, 4) is 0 Å². The maximum Gasteiger partial charge on any atom is 0.268 e. The molecule has 1 aromatic heterocycles. The molecule has 0 aliphatic heterocycles. The van der Waals surface area contributed by atoms with Gasteiger partial charge in [0.15, 0.2) is 6.29 Å². The van der Waals surface area contributed by atoms with Crippen molar-refractivity contribution in [1.82, 2.24) is 9.78 Å². The van der Waals surface area contributed by atoms with E-state index < -0.39 is 0 Å². The first-order chi connectivity index (χ1) is 10.1. The van der Waals surface area contributed by atoms with Crippen molar-refractivity contribution in [3.63, 3.8) is 0 Å². The number of nitrogens with zero attached hydrogens (tertiary/aromatic N) is 3. The van der Waals surface area contributed by atoms with Gasteiger partial charge in [-0.25, -0.2) is 4.68 Å². The van der Waals surface area contributed by atoms with Crippen LogP contribution in [0.4, 0.5) is 5.69 Å². The van der Waals surface area contributed by atoms with Gasteiger partial charge in [-0.05, 0) is 20.3 Å². The Kier molecular flexibility index (Phi) is 8.00. The van der Waals surface area contributed by atoms with Gasteiger partial charge in [0.25, 0.3) is 5.56 Å². The zero-order chi connectivity index (χ0) is 15.7. The fourth-order valence-corrected chi connectivity index (χ4v) is 2.08. The number of rotatable bonds is 10. The van der Waals surface area contributed by atoms with Crippen LogP contribution in [0.25, 0.3) is 0 Å². The molecule has 1 rings (SSSR count). The standard InChI is InChI=1S/C15H27N3O3/c1-5-9-17(4)13-11-14(19)18(16-12-13)10-8-15(20-6-2)21-7-3/h11-12,15H,5-10H2,1-4H3. The number of aryl methyl sites for hydroxylation is 1. The molecule has 0 radical (unpaired) electrons. The molecule has 6 nitrogen and oxygen atoms in total. The predicted molar refractivity (Wildman–Crippen MR) is 83.7 cm³/mol. The van der Waals surface area contributed by atoms with E-state index in [-0.39, 0.29) is 11.8 Å². The van der Waals surface area contributed by atoms with Crippen molar-refractivity contribution in [1.29, 1.82) is 0 Å². The van der Waals surface area contributed by atoms with Crippen LogP contribution in [-0.2, 0) is 16.0 Å². The monoisotopic (exact) mass is 297 g/mol. The van der Waals surface area contributed by atoms with E-state index in [4.69, 9.17) is 9.47 Å². The first kappa shape index (κ1) is 17.7. The molecule has 0 aliphatic rings.